The van der Waals surface area contributed by atoms with Crippen LogP contribution in [0, 0.1) is 0 Å². The highest BCUT2D eigenvalue weighted by Crippen LogP contribution is 2.29. The van der Waals surface area contributed by atoms with Gasteiger partial charge in [-0.3, -0.25) is 0 Å². The van der Waals surface area contributed by atoms with E-state index in [4.69, 9.17) is 4.74 Å². The van der Waals surface area contributed by atoms with Crippen molar-refractivity contribution in [1.82, 2.24) is 5.32 Å². The standard InChI is InChI=1S/C15H24BrNO3S/c1-15(2,3)17-11-12-7-5-8-13(16)14(12)20-9-6-10-21(4,18)19/h5,7-8,17H,6,9-11H2,1-4H3. The van der Waals surface area contributed by atoms with Crippen molar-refractivity contribution >= 4 is 25.8 Å². The molecule has 1 rings (SSSR count). The van der Waals surface area contributed by atoms with Gasteiger partial charge in [0.05, 0.1) is 16.8 Å². The molecule has 6 heteroatoms. The average molecular weight is 378 g/mol. The lowest BCUT2D eigenvalue weighted by molar-refractivity contribution is 0.309. The van der Waals surface area contributed by atoms with Gasteiger partial charge >= 0.3 is 0 Å². The molecule has 1 aromatic carbocycles. The zero-order valence-electron chi connectivity index (χ0n) is 13.1. The van der Waals surface area contributed by atoms with E-state index in [9.17, 15) is 8.42 Å². The normalized spacial score (nSPS) is 12.4. The molecule has 21 heavy (non-hydrogen) atoms. The molecule has 0 amide bonds. The van der Waals surface area contributed by atoms with E-state index in [1.165, 1.54) is 6.26 Å². The highest BCUT2D eigenvalue weighted by molar-refractivity contribution is 9.10. The van der Waals surface area contributed by atoms with E-state index in [0.29, 0.717) is 19.6 Å². The van der Waals surface area contributed by atoms with Crippen molar-refractivity contribution in [2.24, 2.45) is 0 Å². The Balaban J connectivity index is 2.67. The van der Waals surface area contributed by atoms with Crippen molar-refractivity contribution in [3.63, 3.8) is 0 Å². The van der Waals surface area contributed by atoms with Crippen LogP contribution in [0.4, 0.5) is 0 Å². The minimum Gasteiger partial charge on any atom is -0.492 e. The van der Waals surface area contributed by atoms with Gasteiger partial charge in [0.15, 0.2) is 0 Å². The summed E-state index contributed by atoms with van der Waals surface area (Å²) in [4.78, 5) is 0. The summed E-state index contributed by atoms with van der Waals surface area (Å²) in [6.45, 7) is 7.41. The van der Waals surface area contributed by atoms with Gasteiger partial charge in [-0.05, 0) is 49.2 Å². The maximum Gasteiger partial charge on any atom is 0.147 e. The summed E-state index contributed by atoms with van der Waals surface area (Å²) in [5, 5.41) is 3.42. The maximum absolute atomic E-state index is 11.1. The summed E-state index contributed by atoms with van der Waals surface area (Å²) in [6, 6.07) is 5.90. The van der Waals surface area contributed by atoms with E-state index in [0.717, 1.165) is 15.8 Å². The molecule has 120 valence electrons. The van der Waals surface area contributed by atoms with Gasteiger partial charge in [0.1, 0.15) is 15.6 Å². The van der Waals surface area contributed by atoms with Gasteiger partial charge in [0, 0.05) is 23.9 Å². The molecule has 0 saturated heterocycles. The monoisotopic (exact) mass is 377 g/mol. The van der Waals surface area contributed by atoms with Gasteiger partial charge in [-0.1, -0.05) is 12.1 Å². The van der Waals surface area contributed by atoms with Crippen LogP contribution in [-0.4, -0.2) is 32.6 Å². The third-order valence-corrected chi connectivity index (χ3v) is 4.42. The number of benzene rings is 1. The zero-order valence-corrected chi connectivity index (χ0v) is 15.5. The first-order valence-electron chi connectivity index (χ1n) is 6.91. The van der Waals surface area contributed by atoms with Crippen LogP contribution in [-0.2, 0) is 16.4 Å². The number of hydrogen-bond donors (Lipinski definition) is 1. The van der Waals surface area contributed by atoms with Crippen LogP contribution in [0.15, 0.2) is 22.7 Å². The second-order valence-electron chi connectivity index (χ2n) is 6.16. The van der Waals surface area contributed by atoms with Gasteiger partial charge in [-0.15, -0.1) is 0 Å². The Morgan fingerprint density at radius 3 is 2.52 bits per heavy atom. The van der Waals surface area contributed by atoms with Crippen molar-refractivity contribution in [3.8, 4) is 5.75 Å². The molecule has 1 N–H and O–H groups in total. The minimum atomic E-state index is -2.93. The zero-order chi connectivity index (χ0) is 16.1. The smallest absolute Gasteiger partial charge is 0.147 e. The number of hydrogen-bond acceptors (Lipinski definition) is 4. The van der Waals surface area contributed by atoms with Crippen molar-refractivity contribution < 1.29 is 13.2 Å². The molecule has 0 saturated carbocycles. The van der Waals surface area contributed by atoms with Gasteiger partial charge < -0.3 is 10.1 Å². The van der Waals surface area contributed by atoms with Crippen LogP contribution >= 0.6 is 15.9 Å². The molecule has 0 aliphatic rings. The van der Waals surface area contributed by atoms with Crippen molar-refractivity contribution in [2.75, 3.05) is 18.6 Å². The van der Waals surface area contributed by atoms with E-state index in [1.54, 1.807) is 0 Å². The van der Waals surface area contributed by atoms with Crippen LogP contribution in [0.3, 0.4) is 0 Å². The Morgan fingerprint density at radius 1 is 1.29 bits per heavy atom. The summed E-state index contributed by atoms with van der Waals surface area (Å²) < 4.78 is 28.9. The first-order valence-corrected chi connectivity index (χ1v) is 9.77. The quantitative estimate of drug-likeness (QED) is 0.741. The number of rotatable bonds is 7. The Morgan fingerprint density at radius 2 is 1.95 bits per heavy atom. The topological polar surface area (TPSA) is 55.4 Å². The van der Waals surface area contributed by atoms with Crippen LogP contribution in [0.1, 0.15) is 32.8 Å². The summed E-state index contributed by atoms with van der Waals surface area (Å²) in [5.41, 5.74) is 1.08. The van der Waals surface area contributed by atoms with E-state index in [1.807, 2.05) is 18.2 Å². The Kier molecular flexibility index (Phi) is 6.69. The summed E-state index contributed by atoms with van der Waals surface area (Å²) in [5.74, 6) is 0.926. The van der Waals surface area contributed by atoms with Crippen LogP contribution in [0.5, 0.6) is 5.75 Å². The maximum atomic E-state index is 11.1. The predicted molar refractivity (Wildman–Crippen MR) is 90.6 cm³/mol. The lowest BCUT2D eigenvalue weighted by atomic mass is 10.1. The Hall–Kier alpha value is -0.590. The summed E-state index contributed by atoms with van der Waals surface area (Å²) in [6.07, 6.45) is 1.73. The molecule has 0 aliphatic carbocycles. The van der Waals surface area contributed by atoms with Crippen LogP contribution in [0.2, 0.25) is 0 Å². The predicted octanol–water partition coefficient (Wildman–Crippen LogP) is 3.15. The van der Waals surface area contributed by atoms with E-state index >= 15 is 0 Å². The minimum absolute atomic E-state index is 0.0237. The number of para-hydroxylation sites is 1. The highest BCUT2D eigenvalue weighted by atomic mass is 79.9. The molecule has 0 aromatic heterocycles. The molecule has 0 atom stereocenters. The molecule has 0 aliphatic heterocycles. The van der Waals surface area contributed by atoms with Gasteiger partial charge in [0.2, 0.25) is 0 Å². The van der Waals surface area contributed by atoms with Gasteiger partial charge in [-0.2, -0.15) is 0 Å². The van der Waals surface area contributed by atoms with Crippen molar-refractivity contribution in [2.45, 2.75) is 39.3 Å². The molecule has 0 fully saturated rings. The van der Waals surface area contributed by atoms with E-state index in [2.05, 4.69) is 42.0 Å². The first kappa shape index (κ1) is 18.5. The molecule has 0 unspecified atom stereocenters. The molecule has 1 aromatic rings. The van der Waals surface area contributed by atoms with Crippen LogP contribution in [0.25, 0.3) is 0 Å². The fourth-order valence-electron chi connectivity index (χ4n) is 1.71. The van der Waals surface area contributed by atoms with Crippen molar-refractivity contribution in [1.29, 1.82) is 0 Å². The summed E-state index contributed by atoms with van der Waals surface area (Å²) >= 11 is 3.49. The highest BCUT2D eigenvalue weighted by Gasteiger charge is 2.13. The van der Waals surface area contributed by atoms with Crippen molar-refractivity contribution in [3.05, 3.63) is 28.2 Å². The average Bonchev–Trinajstić information content (AvgIpc) is 2.31. The number of halogens is 1. The van der Waals surface area contributed by atoms with Crippen LogP contribution < -0.4 is 10.1 Å². The Labute approximate surface area is 136 Å². The number of nitrogens with one attached hydrogen (secondary N) is 1. The number of ether oxygens (including phenoxy) is 1. The fraction of sp³-hybridized carbons (Fsp3) is 0.600. The second kappa shape index (κ2) is 7.61. The summed E-state index contributed by atoms with van der Waals surface area (Å²) in [7, 11) is -2.93. The molecule has 0 bridgehead atoms. The molecular weight excluding hydrogens is 354 g/mol. The van der Waals surface area contributed by atoms with E-state index < -0.39 is 9.84 Å². The lowest BCUT2D eigenvalue weighted by Crippen LogP contribution is -2.35. The third kappa shape index (κ3) is 7.83. The molecule has 0 heterocycles. The second-order valence-corrected chi connectivity index (χ2v) is 9.28. The van der Waals surface area contributed by atoms with Gasteiger partial charge in [-0.25, -0.2) is 8.42 Å². The molecule has 0 radical (unpaired) electrons. The molecule has 0 spiro atoms. The SMILES string of the molecule is CC(C)(C)NCc1cccc(Br)c1OCCCS(C)(=O)=O. The largest absolute Gasteiger partial charge is 0.492 e. The van der Waals surface area contributed by atoms with E-state index in [-0.39, 0.29) is 11.3 Å². The third-order valence-electron chi connectivity index (χ3n) is 2.76. The Bertz CT molecular complexity index is 565. The lowest BCUT2D eigenvalue weighted by Gasteiger charge is -2.22. The van der Waals surface area contributed by atoms with Gasteiger partial charge in [0.25, 0.3) is 0 Å². The number of sulfone groups is 1. The fourth-order valence-corrected chi connectivity index (χ4v) is 2.87. The molecule has 4 nitrogen and oxygen atoms in total. The molecular formula is C15H24BrNO3S. The first-order chi connectivity index (χ1) is 9.58.